The van der Waals surface area contributed by atoms with Gasteiger partial charge in [0, 0.05) is 22.1 Å². The first-order valence-electron chi connectivity index (χ1n) is 6.86. The van der Waals surface area contributed by atoms with Gasteiger partial charge in [-0.1, -0.05) is 34.1 Å². The maximum atomic E-state index is 5.99. The number of halogens is 1. The first kappa shape index (κ1) is 15.9. The van der Waals surface area contributed by atoms with E-state index in [1.807, 2.05) is 49.5 Å². The van der Waals surface area contributed by atoms with Crippen molar-refractivity contribution in [1.82, 2.24) is 5.32 Å². The van der Waals surface area contributed by atoms with Crippen molar-refractivity contribution in [2.75, 3.05) is 14.2 Å². The van der Waals surface area contributed by atoms with Crippen LogP contribution in [0.15, 0.2) is 46.9 Å². The van der Waals surface area contributed by atoms with E-state index in [0.29, 0.717) is 6.61 Å². The summed E-state index contributed by atoms with van der Waals surface area (Å²) in [6, 6.07) is 14.3. The summed E-state index contributed by atoms with van der Waals surface area (Å²) in [5, 5.41) is 3.24. The van der Waals surface area contributed by atoms with Crippen molar-refractivity contribution in [3.63, 3.8) is 0 Å². The minimum absolute atomic E-state index is 0.218. The predicted octanol–water partition coefficient (Wildman–Crippen LogP) is 4.32. The molecule has 0 radical (unpaired) electrons. The van der Waals surface area contributed by atoms with Crippen molar-refractivity contribution in [3.05, 3.63) is 58.1 Å². The Kier molecular flexibility index (Phi) is 5.65. The second kappa shape index (κ2) is 7.48. The standard InChI is InChI=1S/C17H20BrNO2/c1-12(19-2)16-9-8-15(20-3)10-17(16)21-11-13-4-6-14(18)7-5-13/h4-10,12,19H,11H2,1-3H3. The molecule has 0 amide bonds. The Morgan fingerprint density at radius 3 is 2.48 bits per heavy atom. The average molecular weight is 350 g/mol. The van der Waals surface area contributed by atoms with E-state index in [2.05, 4.69) is 28.2 Å². The third-order valence-electron chi connectivity index (χ3n) is 3.43. The Morgan fingerprint density at radius 1 is 1.14 bits per heavy atom. The third kappa shape index (κ3) is 4.22. The zero-order chi connectivity index (χ0) is 15.2. The molecule has 1 unspecified atom stereocenters. The molecule has 3 nitrogen and oxygen atoms in total. The van der Waals surface area contributed by atoms with E-state index in [4.69, 9.17) is 9.47 Å². The molecule has 1 N–H and O–H groups in total. The van der Waals surface area contributed by atoms with Gasteiger partial charge in [-0.2, -0.15) is 0 Å². The molecular weight excluding hydrogens is 330 g/mol. The van der Waals surface area contributed by atoms with Crippen molar-refractivity contribution in [1.29, 1.82) is 0 Å². The molecule has 0 fully saturated rings. The lowest BCUT2D eigenvalue weighted by molar-refractivity contribution is 0.297. The second-order valence-electron chi connectivity index (χ2n) is 4.83. The highest BCUT2D eigenvalue weighted by Crippen LogP contribution is 2.30. The van der Waals surface area contributed by atoms with E-state index in [1.54, 1.807) is 7.11 Å². The van der Waals surface area contributed by atoms with E-state index in [-0.39, 0.29) is 6.04 Å². The summed E-state index contributed by atoms with van der Waals surface area (Å²) in [7, 11) is 3.60. The van der Waals surface area contributed by atoms with Gasteiger partial charge >= 0.3 is 0 Å². The van der Waals surface area contributed by atoms with Crippen molar-refractivity contribution in [2.45, 2.75) is 19.6 Å². The molecule has 2 rings (SSSR count). The molecule has 0 saturated heterocycles. The number of hydrogen-bond acceptors (Lipinski definition) is 3. The van der Waals surface area contributed by atoms with Gasteiger partial charge in [0.2, 0.25) is 0 Å². The minimum Gasteiger partial charge on any atom is -0.497 e. The quantitative estimate of drug-likeness (QED) is 0.842. The summed E-state index contributed by atoms with van der Waals surface area (Å²) in [6.45, 7) is 2.64. The molecule has 1 atom stereocenters. The van der Waals surface area contributed by atoms with Gasteiger partial charge in [0.1, 0.15) is 18.1 Å². The number of nitrogens with one attached hydrogen (secondary N) is 1. The Hall–Kier alpha value is -1.52. The fourth-order valence-corrected chi connectivity index (χ4v) is 2.29. The maximum absolute atomic E-state index is 5.99. The van der Waals surface area contributed by atoms with Crippen molar-refractivity contribution >= 4 is 15.9 Å². The van der Waals surface area contributed by atoms with Crippen molar-refractivity contribution < 1.29 is 9.47 Å². The van der Waals surface area contributed by atoms with Gasteiger partial charge in [0.25, 0.3) is 0 Å². The van der Waals surface area contributed by atoms with Crippen LogP contribution in [0.4, 0.5) is 0 Å². The maximum Gasteiger partial charge on any atom is 0.128 e. The van der Waals surface area contributed by atoms with Crippen LogP contribution >= 0.6 is 15.9 Å². The molecule has 2 aromatic carbocycles. The van der Waals surface area contributed by atoms with Gasteiger partial charge in [0.05, 0.1) is 7.11 Å². The second-order valence-corrected chi connectivity index (χ2v) is 5.74. The molecule has 0 saturated carbocycles. The Bertz CT molecular complexity index is 584. The van der Waals surface area contributed by atoms with Gasteiger partial charge in [-0.3, -0.25) is 0 Å². The lowest BCUT2D eigenvalue weighted by Gasteiger charge is -2.17. The molecule has 0 aliphatic rings. The zero-order valence-corrected chi connectivity index (χ0v) is 14.1. The smallest absolute Gasteiger partial charge is 0.128 e. The average Bonchev–Trinajstić information content (AvgIpc) is 2.53. The topological polar surface area (TPSA) is 30.5 Å². The molecule has 0 heterocycles. The van der Waals surface area contributed by atoms with Crippen LogP contribution in [0.25, 0.3) is 0 Å². The van der Waals surface area contributed by atoms with Gasteiger partial charge in [-0.25, -0.2) is 0 Å². The van der Waals surface area contributed by atoms with Crippen LogP contribution in [0.2, 0.25) is 0 Å². The lowest BCUT2D eigenvalue weighted by Crippen LogP contribution is -2.13. The number of ether oxygens (including phenoxy) is 2. The Morgan fingerprint density at radius 2 is 1.86 bits per heavy atom. The highest BCUT2D eigenvalue weighted by molar-refractivity contribution is 9.10. The number of benzene rings is 2. The van der Waals surface area contributed by atoms with Crippen LogP contribution < -0.4 is 14.8 Å². The number of methoxy groups -OCH3 is 1. The molecule has 4 heteroatoms. The summed E-state index contributed by atoms with van der Waals surface area (Å²) >= 11 is 3.43. The van der Waals surface area contributed by atoms with Gasteiger partial charge in [0.15, 0.2) is 0 Å². The molecule has 0 aromatic heterocycles. The van der Waals surface area contributed by atoms with E-state index in [0.717, 1.165) is 27.1 Å². The molecule has 0 bridgehead atoms. The summed E-state index contributed by atoms with van der Waals surface area (Å²) in [4.78, 5) is 0. The number of hydrogen-bond donors (Lipinski definition) is 1. The highest BCUT2D eigenvalue weighted by Gasteiger charge is 2.11. The van der Waals surface area contributed by atoms with Crippen LogP contribution in [-0.4, -0.2) is 14.2 Å². The summed E-state index contributed by atoms with van der Waals surface area (Å²) in [5.74, 6) is 1.65. The largest absolute Gasteiger partial charge is 0.497 e. The van der Waals surface area contributed by atoms with E-state index in [9.17, 15) is 0 Å². The first-order valence-corrected chi connectivity index (χ1v) is 7.65. The molecule has 112 valence electrons. The predicted molar refractivity (Wildman–Crippen MR) is 88.9 cm³/mol. The highest BCUT2D eigenvalue weighted by atomic mass is 79.9. The summed E-state index contributed by atoms with van der Waals surface area (Å²) < 4.78 is 12.3. The van der Waals surface area contributed by atoms with Gasteiger partial charge < -0.3 is 14.8 Å². The Balaban J connectivity index is 2.18. The molecular formula is C17H20BrNO2. The SMILES string of the molecule is CNC(C)c1ccc(OC)cc1OCc1ccc(Br)cc1. The van der Waals surface area contributed by atoms with Gasteiger partial charge in [-0.15, -0.1) is 0 Å². The minimum atomic E-state index is 0.218. The van der Waals surface area contributed by atoms with Crippen LogP contribution in [0.5, 0.6) is 11.5 Å². The van der Waals surface area contributed by atoms with Gasteiger partial charge in [-0.05, 0) is 37.7 Å². The van der Waals surface area contributed by atoms with Crippen molar-refractivity contribution in [3.8, 4) is 11.5 Å². The zero-order valence-electron chi connectivity index (χ0n) is 12.5. The fourth-order valence-electron chi connectivity index (χ4n) is 2.02. The molecule has 2 aromatic rings. The molecule has 21 heavy (non-hydrogen) atoms. The third-order valence-corrected chi connectivity index (χ3v) is 3.96. The lowest BCUT2D eigenvalue weighted by atomic mass is 10.1. The Labute approximate surface area is 134 Å². The molecule has 0 spiro atoms. The van der Waals surface area contributed by atoms with Crippen LogP contribution in [-0.2, 0) is 6.61 Å². The molecule has 0 aliphatic heterocycles. The van der Waals surface area contributed by atoms with Crippen LogP contribution in [0.1, 0.15) is 24.1 Å². The molecule has 0 aliphatic carbocycles. The first-order chi connectivity index (χ1) is 10.1. The van der Waals surface area contributed by atoms with E-state index < -0.39 is 0 Å². The monoisotopic (exact) mass is 349 g/mol. The van der Waals surface area contributed by atoms with E-state index >= 15 is 0 Å². The van der Waals surface area contributed by atoms with Crippen molar-refractivity contribution in [2.24, 2.45) is 0 Å². The van der Waals surface area contributed by atoms with E-state index in [1.165, 1.54) is 0 Å². The summed E-state index contributed by atoms with van der Waals surface area (Å²) in [5.41, 5.74) is 2.25. The fraction of sp³-hybridized carbons (Fsp3) is 0.294. The summed E-state index contributed by atoms with van der Waals surface area (Å²) in [6.07, 6.45) is 0. The normalized spacial score (nSPS) is 12.0. The number of rotatable bonds is 6. The van der Waals surface area contributed by atoms with Crippen LogP contribution in [0, 0.1) is 0 Å². The van der Waals surface area contributed by atoms with Crippen LogP contribution in [0.3, 0.4) is 0 Å².